The van der Waals surface area contributed by atoms with Crippen molar-refractivity contribution in [3.63, 3.8) is 0 Å². The summed E-state index contributed by atoms with van der Waals surface area (Å²) in [6, 6.07) is 7.42. The van der Waals surface area contributed by atoms with Crippen molar-refractivity contribution in [2.75, 3.05) is 6.61 Å². The number of nitrogens with zero attached hydrogens (tertiary/aromatic N) is 6. The second-order valence-electron chi connectivity index (χ2n) is 11.1. The second-order valence-corrected chi connectivity index (χ2v) is 16.7. The first-order valence-electron chi connectivity index (χ1n) is 13.2. The van der Waals surface area contributed by atoms with E-state index >= 15 is 0 Å². The zero-order chi connectivity index (χ0) is 29.9. The van der Waals surface area contributed by atoms with Crippen LogP contribution in [0.5, 0.6) is 5.75 Å². The topological polar surface area (TPSA) is 110 Å². The first-order valence-corrected chi connectivity index (χ1v) is 16.9. The molecule has 0 fully saturated rings. The zero-order valence-electron chi connectivity index (χ0n) is 24.0. The van der Waals surface area contributed by atoms with E-state index in [2.05, 4.69) is 64.9 Å². The number of nitro groups is 1. The molecule has 4 aromatic rings. The quantitative estimate of drug-likeness (QED) is 0.0967. The highest BCUT2D eigenvalue weighted by molar-refractivity contribution is 9.10. The number of hydrogen-bond acceptors (Lipinski definition) is 7. The lowest BCUT2D eigenvalue weighted by molar-refractivity contribution is -0.390. The minimum Gasteiger partial charge on any atom is -0.475 e. The number of benzene rings is 1. The summed E-state index contributed by atoms with van der Waals surface area (Å²) in [7, 11) is -2.28. The van der Waals surface area contributed by atoms with Gasteiger partial charge in [-0.15, -0.1) is 0 Å². The van der Waals surface area contributed by atoms with E-state index in [0.29, 0.717) is 30.0 Å². The molecule has 0 aliphatic heterocycles. The number of imidazole rings is 1. The standard InChI is InChI=1S/C28H34BrFN6O4Si/c1-7-35-25(29)19(16-33-35)17-34-14-13-32-26(34)21-11-10-20(30)15-22(21)24(18-39-41(5,6)28(2,3)4)40-23-9-8-12-31-27(23)36(37)38/h8-16,24H,7,17-18H2,1-6H3. The van der Waals surface area contributed by atoms with Crippen LogP contribution in [0.15, 0.2) is 59.7 Å². The lowest BCUT2D eigenvalue weighted by atomic mass is 10.0. The normalized spacial score (nSPS) is 12.9. The van der Waals surface area contributed by atoms with Crippen LogP contribution in [0.25, 0.3) is 11.4 Å². The largest absolute Gasteiger partial charge is 0.475 e. The van der Waals surface area contributed by atoms with Crippen LogP contribution in [-0.4, -0.2) is 44.2 Å². The average molecular weight is 646 g/mol. The molecule has 41 heavy (non-hydrogen) atoms. The number of ether oxygens (including phenoxy) is 1. The van der Waals surface area contributed by atoms with Gasteiger partial charge in [0.15, 0.2) is 8.32 Å². The van der Waals surface area contributed by atoms with E-state index in [1.165, 1.54) is 24.4 Å². The molecule has 1 atom stereocenters. The van der Waals surface area contributed by atoms with Gasteiger partial charge in [0.05, 0.1) is 19.3 Å². The zero-order valence-corrected chi connectivity index (χ0v) is 26.6. The molecule has 3 aromatic heterocycles. The number of hydrogen-bond donors (Lipinski definition) is 0. The van der Waals surface area contributed by atoms with Gasteiger partial charge in [0, 0.05) is 35.6 Å². The Labute approximate surface area is 248 Å². The van der Waals surface area contributed by atoms with Gasteiger partial charge in [-0.2, -0.15) is 5.10 Å². The molecule has 13 heteroatoms. The van der Waals surface area contributed by atoms with Crippen LogP contribution in [0.2, 0.25) is 18.1 Å². The van der Waals surface area contributed by atoms with E-state index in [4.69, 9.17) is 9.16 Å². The van der Waals surface area contributed by atoms with Crippen molar-refractivity contribution < 1.29 is 18.5 Å². The van der Waals surface area contributed by atoms with Crippen LogP contribution < -0.4 is 4.74 Å². The fraction of sp³-hybridized carbons (Fsp3) is 0.393. The predicted molar refractivity (Wildman–Crippen MR) is 160 cm³/mol. The molecule has 1 unspecified atom stereocenters. The van der Waals surface area contributed by atoms with Crippen molar-refractivity contribution in [3.05, 3.63) is 86.8 Å². The van der Waals surface area contributed by atoms with Gasteiger partial charge in [-0.05, 0) is 81.2 Å². The fourth-order valence-corrected chi connectivity index (χ4v) is 5.63. The molecule has 0 saturated heterocycles. The molecule has 1 aromatic carbocycles. The third kappa shape index (κ3) is 6.74. The van der Waals surface area contributed by atoms with Crippen LogP contribution in [0.3, 0.4) is 0 Å². The van der Waals surface area contributed by atoms with Crippen LogP contribution in [-0.2, 0) is 17.5 Å². The number of aromatic nitrogens is 5. The van der Waals surface area contributed by atoms with Gasteiger partial charge in [0.25, 0.3) is 0 Å². The molecule has 0 spiro atoms. The van der Waals surface area contributed by atoms with Gasteiger partial charge in [-0.1, -0.05) is 20.8 Å². The number of halogens is 2. The van der Waals surface area contributed by atoms with Gasteiger partial charge in [-0.3, -0.25) is 4.68 Å². The second kappa shape index (κ2) is 12.2. The SMILES string of the molecule is CCn1ncc(Cn2ccnc2-c2ccc(F)cc2C(CO[Si](C)(C)C(C)(C)C)Oc2cccnc2[N+](=O)[O-])c1Br. The van der Waals surface area contributed by atoms with Crippen molar-refractivity contribution in [3.8, 4) is 17.1 Å². The van der Waals surface area contributed by atoms with E-state index in [0.717, 1.165) is 10.2 Å². The van der Waals surface area contributed by atoms with Gasteiger partial charge in [0.2, 0.25) is 5.75 Å². The molecule has 0 N–H and O–H groups in total. The Morgan fingerprint density at radius 2 is 1.95 bits per heavy atom. The average Bonchev–Trinajstić information content (AvgIpc) is 3.52. The summed E-state index contributed by atoms with van der Waals surface area (Å²) in [6.45, 7) is 13.8. The van der Waals surface area contributed by atoms with Crippen molar-refractivity contribution in [2.45, 2.75) is 65.0 Å². The Balaban J connectivity index is 1.79. The van der Waals surface area contributed by atoms with E-state index in [-0.39, 0.29) is 17.4 Å². The number of rotatable bonds is 11. The summed E-state index contributed by atoms with van der Waals surface area (Å²) in [4.78, 5) is 19.6. The summed E-state index contributed by atoms with van der Waals surface area (Å²) in [5.41, 5.74) is 2.03. The number of aryl methyl sites for hydroxylation is 1. The molecule has 0 radical (unpaired) electrons. The third-order valence-electron chi connectivity index (χ3n) is 7.40. The van der Waals surface area contributed by atoms with Crippen LogP contribution >= 0.6 is 15.9 Å². The van der Waals surface area contributed by atoms with E-state index in [1.54, 1.807) is 24.5 Å². The highest BCUT2D eigenvalue weighted by Crippen LogP contribution is 2.39. The Kier molecular flexibility index (Phi) is 9.09. The molecular weight excluding hydrogens is 611 g/mol. The van der Waals surface area contributed by atoms with Crippen molar-refractivity contribution >= 4 is 30.1 Å². The maximum Gasteiger partial charge on any atom is 0.406 e. The molecule has 0 aliphatic rings. The highest BCUT2D eigenvalue weighted by Gasteiger charge is 2.38. The Morgan fingerprint density at radius 3 is 2.61 bits per heavy atom. The van der Waals surface area contributed by atoms with Gasteiger partial charge < -0.3 is 23.8 Å². The maximum atomic E-state index is 14.8. The highest BCUT2D eigenvalue weighted by atomic mass is 79.9. The number of pyridine rings is 1. The molecular formula is C28H34BrFN6O4Si. The van der Waals surface area contributed by atoms with Crippen molar-refractivity contribution in [2.24, 2.45) is 0 Å². The Morgan fingerprint density at radius 1 is 1.20 bits per heavy atom. The van der Waals surface area contributed by atoms with Gasteiger partial charge in [0.1, 0.15) is 28.5 Å². The summed E-state index contributed by atoms with van der Waals surface area (Å²) in [6.07, 6.45) is 5.75. The molecule has 3 heterocycles. The lowest BCUT2D eigenvalue weighted by Crippen LogP contribution is -2.42. The van der Waals surface area contributed by atoms with Crippen molar-refractivity contribution in [1.29, 1.82) is 0 Å². The monoisotopic (exact) mass is 644 g/mol. The van der Waals surface area contributed by atoms with E-state index in [9.17, 15) is 14.5 Å². The molecule has 0 bridgehead atoms. The molecule has 0 amide bonds. The molecule has 218 valence electrons. The first kappa shape index (κ1) is 30.5. The summed E-state index contributed by atoms with van der Waals surface area (Å²) < 4.78 is 32.3. The fourth-order valence-electron chi connectivity index (χ4n) is 4.06. The molecule has 10 nitrogen and oxygen atoms in total. The Hall–Kier alpha value is -3.42. The smallest absolute Gasteiger partial charge is 0.406 e. The summed E-state index contributed by atoms with van der Waals surface area (Å²) in [5.74, 6) is -0.356. The molecule has 0 aliphatic carbocycles. The first-order chi connectivity index (χ1) is 19.3. The van der Waals surface area contributed by atoms with Crippen LogP contribution in [0.4, 0.5) is 10.2 Å². The lowest BCUT2D eigenvalue weighted by Gasteiger charge is -2.37. The Bertz CT molecular complexity index is 1530. The third-order valence-corrected chi connectivity index (χ3v) is 12.8. The van der Waals surface area contributed by atoms with Gasteiger partial charge in [-0.25, -0.2) is 9.37 Å². The summed E-state index contributed by atoms with van der Waals surface area (Å²) in [5, 5.41) is 16.0. The van der Waals surface area contributed by atoms with E-state index < -0.39 is 31.0 Å². The molecule has 0 saturated carbocycles. The van der Waals surface area contributed by atoms with Crippen LogP contribution in [0, 0.1) is 15.9 Å². The molecule has 4 rings (SSSR count). The maximum absolute atomic E-state index is 14.8. The minimum absolute atomic E-state index is 0.0317. The van der Waals surface area contributed by atoms with Crippen LogP contribution in [0.1, 0.15) is 44.9 Å². The minimum atomic E-state index is -2.28. The van der Waals surface area contributed by atoms with E-state index in [1.807, 2.05) is 22.4 Å². The predicted octanol–water partition coefficient (Wildman–Crippen LogP) is 7.16. The van der Waals surface area contributed by atoms with Gasteiger partial charge >= 0.3 is 5.82 Å². The summed E-state index contributed by atoms with van der Waals surface area (Å²) >= 11 is 3.62. The van der Waals surface area contributed by atoms with Crippen molar-refractivity contribution in [1.82, 2.24) is 24.3 Å².